The normalized spacial score (nSPS) is 16.3. The highest BCUT2D eigenvalue weighted by atomic mass is 127. The van der Waals surface area contributed by atoms with Gasteiger partial charge in [0.1, 0.15) is 5.75 Å². The van der Waals surface area contributed by atoms with Gasteiger partial charge < -0.3 is 20.1 Å². The van der Waals surface area contributed by atoms with Crippen molar-refractivity contribution >= 4 is 29.9 Å². The van der Waals surface area contributed by atoms with Crippen LogP contribution < -0.4 is 15.4 Å². The molecule has 1 unspecified atom stereocenters. The van der Waals surface area contributed by atoms with Crippen molar-refractivity contribution in [3.05, 3.63) is 46.3 Å². The van der Waals surface area contributed by atoms with Gasteiger partial charge in [0.05, 0.1) is 18.9 Å². The van der Waals surface area contributed by atoms with E-state index in [2.05, 4.69) is 52.8 Å². The van der Waals surface area contributed by atoms with Gasteiger partial charge in [0, 0.05) is 56.5 Å². The number of halogens is 1. The summed E-state index contributed by atoms with van der Waals surface area (Å²) in [7, 11) is 3.75. The highest BCUT2D eigenvalue weighted by Crippen LogP contribution is 2.22. The van der Waals surface area contributed by atoms with Crippen molar-refractivity contribution in [2.45, 2.75) is 40.3 Å². The zero-order chi connectivity index (χ0) is 20.8. The second-order valence-corrected chi connectivity index (χ2v) is 7.70. The zero-order valence-corrected chi connectivity index (χ0v) is 20.9. The third kappa shape index (κ3) is 6.34. The Morgan fingerprint density at radius 3 is 2.67 bits per heavy atom. The van der Waals surface area contributed by atoms with E-state index in [0.717, 1.165) is 48.3 Å². The first-order chi connectivity index (χ1) is 14.0. The van der Waals surface area contributed by atoms with Crippen LogP contribution in [0.3, 0.4) is 0 Å². The summed E-state index contributed by atoms with van der Waals surface area (Å²) in [5.74, 6) is 2.17. The molecule has 1 atom stereocenters. The van der Waals surface area contributed by atoms with Crippen molar-refractivity contribution in [1.82, 2.24) is 20.4 Å². The first-order valence-electron chi connectivity index (χ1n) is 10.2. The van der Waals surface area contributed by atoms with E-state index in [9.17, 15) is 0 Å². The summed E-state index contributed by atoms with van der Waals surface area (Å²) in [4.78, 5) is 4.35. The molecule has 1 aliphatic rings. The minimum Gasteiger partial charge on any atom is -0.493 e. The number of nitrogens with zero attached hydrogens (tertiary/aromatic N) is 3. The van der Waals surface area contributed by atoms with Crippen LogP contribution in [-0.2, 0) is 24.9 Å². The number of aliphatic imine (C=N–C) groups is 1. The van der Waals surface area contributed by atoms with Crippen molar-refractivity contribution in [1.29, 1.82) is 0 Å². The fourth-order valence-corrected chi connectivity index (χ4v) is 3.51. The Kier molecular flexibility index (Phi) is 9.41. The Morgan fingerprint density at radius 1 is 1.27 bits per heavy atom. The molecular weight excluding hydrogens is 493 g/mol. The molecule has 1 aromatic carbocycles. The van der Waals surface area contributed by atoms with E-state index < -0.39 is 0 Å². The fourth-order valence-electron chi connectivity index (χ4n) is 3.51. The predicted molar refractivity (Wildman–Crippen MR) is 131 cm³/mol. The molecule has 0 aliphatic carbocycles. The third-order valence-electron chi connectivity index (χ3n) is 5.48. The Hall–Kier alpha value is -1.81. The molecule has 2 N–H and O–H groups in total. The van der Waals surface area contributed by atoms with Gasteiger partial charge >= 0.3 is 0 Å². The van der Waals surface area contributed by atoms with Gasteiger partial charge in [-0.2, -0.15) is 5.10 Å². The Morgan fingerprint density at radius 2 is 2.03 bits per heavy atom. The molecule has 2 aromatic rings. The third-order valence-corrected chi connectivity index (χ3v) is 5.48. The maximum atomic E-state index is 6.14. The molecule has 0 radical (unpaired) electrons. The van der Waals surface area contributed by atoms with Crippen LogP contribution in [0.25, 0.3) is 0 Å². The maximum absolute atomic E-state index is 6.14. The smallest absolute Gasteiger partial charge is 0.191 e. The minimum absolute atomic E-state index is 0. The molecule has 7 nitrogen and oxygen atoms in total. The molecule has 1 fully saturated rings. The van der Waals surface area contributed by atoms with Crippen molar-refractivity contribution in [2.24, 2.45) is 18.0 Å². The highest BCUT2D eigenvalue weighted by Gasteiger charge is 2.17. The Bertz CT molecular complexity index is 859. The minimum atomic E-state index is 0. The van der Waals surface area contributed by atoms with Gasteiger partial charge in [0.2, 0.25) is 0 Å². The molecule has 0 bridgehead atoms. The second kappa shape index (κ2) is 11.5. The molecule has 30 heavy (non-hydrogen) atoms. The van der Waals surface area contributed by atoms with Gasteiger partial charge in [0.25, 0.3) is 0 Å². The molecule has 0 spiro atoms. The Balaban J connectivity index is 0.00000320. The van der Waals surface area contributed by atoms with Crippen LogP contribution in [0.15, 0.2) is 23.2 Å². The van der Waals surface area contributed by atoms with Gasteiger partial charge in [-0.25, -0.2) is 0 Å². The lowest BCUT2D eigenvalue weighted by molar-refractivity contribution is 0.166. The van der Waals surface area contributed by atoms with Gasteiger partial charge in [-0.15, -0.1) is 24.0 Å². The summed E-state index contributed by atoms with van der Waals surface area (Å²) in [5.41, 5.74) is 5.71. The van der Waals surface area contributed by atoms with Crippen LogP contribution in [0.1, 0.15) is 34.5 Å². The van der Waals surface area contributed by atoms with Crippen molar-refractivity contribution in [3.8, 4) is 5.75 Å². The molecule has 1 aliphatic heterocycles. The first-order valence-corrected chi connectivity index (χ1v) is 10.2. The predicted octanol–water partition coefficient (Wildman–Crippen LogP) is 3.24. The van der Waals surface area contributed by atoms with Crippen molar-refractivity contribution in [3.63, 3.8) is 0 Å². The summed E-state index contributed by atoms with van der Waals surface area (Å²) < 4.78 is 13.5. The van der Waals surface area contributed by atoms with Gasteiger partial charge in [-0.05, 0) is 38.8 Å². The molecule has 0 saturated carbocycles. The van der Waals surface area contributed by atoms with Crippen LogP contribution >= 0.6 is 24.0 Å². The molecule has 2 heterocycles. The van der Waals surface area contributed by atoms with Crippen LogP contribution in [0.5, 0.6) is 5.75 Å². The van der Waals surface area contributed by atoms with E-state index in [1.54, 1.807) is 7.05 Å². The lowest BCUT2D eigenvalue weighted by Gasteiger charge is -2.17. The number of guanidine groups is 1. The quantitative estimate of drug-likeness (QED) is 0.329. The number of ether oxygens (including phenoxy) is 2. The Labute approximate surface area is 196 Å². The van der Waals surface area contributed by atoms with Crippen molar-refractivity contribution < 1.29 is 9.47 Å². The standard InChI is InChI=1S/C22H33N5O2.HI/c1-15-6-7-19(21(10-15)29-14-18-8-9-28-13-18)11-24-22(23-4)25-12-20-16(2)26-27(5)17(20)3;/h6-7,10,18H,8-9,11-14H2,1-5H3,(H2,23,24,25);1H. The van der Waals surface area contributed by atoms with E-state index in [1.807, 2.05) is 18.7 Å². The maximum Gasteiger partial charge on any atom is 0.191 e. The average molecular weight is 527 g/mol. The van der Waals surface area contributed by atoms with Crippen LogP contribution in [-0.4, -0.2) is 42.6 Å². The van der Waals surface area contributed by atoms with Crippen LogP contribution in [0.4, 0.5) is 0 Å². The molecule has 8 heteroatoms. The largest absolute Gasteiger partial charge is 0.493 e. The number of hydrogen-bond acceptors (Lipinski definition) is 4. The van der Waals surface area contributed by atoms with Crippen LogP contribution in [0, 0.1) is 26.7 Å². The van der Waals surface area contributed by atoms with E-state index >= 15 is 0 Å². The molecule has 166 valence electrons. The number of hydrogen-bond donors (Lipinski definition) is 2. The number of benzene rings is 1. The van der Waals surface area contributed by atoms with Gasteiger partial charge in [0.15, 0.2) is 5.96 Å². The fraction of sp³-hybridized carbons (Fsp3) is 0.545. The molecule has 0 amide bonds. The number of aromatic nitrogens is 2. The van der Waals surface area contributed by atoms with Gasteiger partial charge in [-0.3, -0.25) is 9.67 Å². The molecular formula is C22H34IN5O2. The first kappa shape index (κ1) is 24.5. The average Bonchev–Trinajstić information content (AvgIpc) is 3.30. The van der Waals surface area contributed by atoms with Gasteiger partial charge in [-0.1, -0.05) is 12.1 Å². The van der Waals surface area contributed by atoms with Crippen LogP contribution in [0.2, 0.25) is 0 Å². The summed E-state index contributed by atoms with van der Waals surface area (Å²) in [6.07, 6.45) is 1.07. The SMILES string of the molecule is CN=C(NCc1ccc(C)cc1OCC1CCOC1)NCc1c(C)nn(C)c1C.I. The van der Waals surface area contributed by atoms with E-state index in [-0.39, 0.29) is 24.0 Å². The molecule has 3 rings (SSSR count). The second-order valence-electron chi connectivity index (χ2n) is 7.70. The summed E-state index contributed by atoms with van der Waals surface area (Å²) >= 11 is 0. The molecule has 1 saturated heterocycles. The monoisotopic (exact) mass is 527 g/mol. The summed E-state index contributed by atoms with van der Waals surface area (Å²) in [5, 5.41) is 11.3. The van der Waals surface area contributed by atoms with E-state index in [0.29, 0.717) is 25.6 Å². The highest BCUT2D eigenvalue weighted by molar-refractivity contribution is 14.0. The summed E-state index contributed by atoms with van der Waals surface area (Å²) in [6.45, 7) is 9.86. The number of aryl methyl sites for hydroxylation is 3. The lowest BCUT2D eigenvalue weighted by atomic mass is 10.1. The topological polar surface area (TPSA) is 72.7 Å². The molecule has 1 aromatic heterocycles. The van der Waals surface area contributed by atoms with Crippen molar-refractivity contribution in [2.75, 3.05) is 26.9 Å². The lowest BCUT2D eigenvalue weighted by Crippen LogP contribution is -2.36. The number of nitrogens with one attached hydrogen (secondary N) is 2. The zero-order valence-electron chi connectivity index (χ0n) is 18.6. The number of rotatable bonds is 7. The summed E-state index contributed by atoms with van der Waals surface area (Å²) in [6, 6.07) is 6.33. The van der Waals surface area contributed by atoms with E-state index in [4.69, 9.17) is 9.47 Å². The van der Waals surface area contributed by atoms with E-state index in [1.165, 1.54) is 11.1 Å².